The highest BCUT2D eigenvalue weighted by atomic mass is 35.5. The van der Waals surface area contributed by atoms with Gasteiger partial charge in [0.15, 0.2) is 0 Å². The molecule has 0 radical (unpaired) electrons. The summed E-state index contributed by atoms with van der Waals surface area (Å²) in [6.45, 7) is 1.68. The predicted molar refractivity (Wildman–Crippen MR) is 74.8 cm³/mol. The second-order valence-corrected chi connectivity index (χ2v) is 4.92. The molecule has 0 spiro atoms. The molecule has 2 rings (SSSR count). The lowest BCUT2D eigenvalue weighted by atomic mass is 10.2. The zero-order valence-electron chi connectivity index (χ0n) is 9.41. The molecule has 1 aromatic rings. The molecule has 1 saturated heterocycles. The van der Waals surface area contributed by atoms with Crippen molar-refractivity contribution in [3.8, 4) is 0 Å². The molecule has 92 valence electrons. The molecule has 0 aliphatic carbocycles. The highest BCUT2D eigenvalue weighted by molar-refractivity contribution is 7.80. The SMILES string of the molecule is NC(=S)c1ccc(NCC2CCCO2)cc1Cl. The van der Waals surface area contributed by atoms with Gasteiger partial charge in [-0.3, -0.25) is 0 Å². The Labute approximate surface area is 111 Å². The van der Waals surface area contributed by atoms with Gasteiger partial charge in [0.25, 0.3) is 0 Å². The van der Waals surface area contributed by atoms with Crippen LogP contribution in [0.15, 0.2) is 18.2 Å². The summed E-state index contributed by atoms with van der Waals surface area (Å²) in [7, 11) is 0. The Kier molecular flexibility index (Phi) is 4.20. The molecule has 0 amide bonds. The molecule has 5 heteroatoms. The molecule has 0 aromatic heterocycles. The summed E-state index contributed by atoms with van der Waals surface area (Å²) < 4.78 is 5.53. The van der Waals surface area contributed by atoms with Crippen molar-refractivity contribution >= 4 is 34.5 Å². The van der Waals surface area contributed by atoms with E-state index >= 15 is 0 Å². The Morgan fingerprint density at radius 1 is 1.59 bits per heavy atom. The molecule has 0 bridgehead atoms. The number of ether oxygens (including phenoxy) is 1. The Hall–Kier alpha value is -0.840. The standard InChI is InChI=1S/C12H15ClN2OS/c13-11-6-8(3-4-10(11)12(14)17)15-7-9-2-1-5-16-9/h3-4,6,9,15H,1-2,5,7H2,(H2,14,17). The van der Waals surface area contributed by atoms with Gasteiger partial charge in [0.05, 0.1) is 11.1 Å². The fourth-order valence-corrected chi connectivity index (χ4v) is 2.38. The molecule has 1 atom stereocenters. The number of nitrogens with two attached hydrogens (primary N) is 1. The van der Waals surface area contributed by atoms with Crippen LogP contribution in [0.25, 0.3) is 0 Å². The van der Waals surface area contributed by atoms with Gasteiger partial charge in [-0.25, -0.2) is 0 Å². The third-order valence-electron chi connectivity index (χ3n) is 2.79. The van der Waals surface area contributed by atoms with Gasteiger partial charge in [-0.05, 0) is 31.0 Å². The number of hydrogen-bond acceptors (Lipinski definition) is 3. The van der Waals surface area contributed by atoms with Crippen LogP contribution >= 0.6 is 23.8 Å². The van der Waals surface area contributed by atoms with E-state index in [0.29, 0.717) is 21.7 Å². The molecule has 1 aromatic carbocycles. The van der Waals surface area contributed by atoms with Crippen molar-refractivity contribution in [3.63, 3.8) is 0 Å². The summed E-state index contributed by atoms with van der Waals surface area (Å²) in [6.07, 6.45) is 2.57. The first-order chi connectivity index (χ1) is 8.16. The van der Waals surface area contributed by atoms with Crippen molar-refractivity contribution in [2.24, 2.45) is 5.73 Å². The first-order valence-corrected chi connectivity index (χ1v) is 6.40. The molecule has 1 aliphatic heterocycles. The maximum Gasteiger partial charge on any atom is 0.105 e. The van der Waals surface area contributed by atoms with Crippen molar-refractivity contribution in [1.29, 1.82) is 0 Å². The molecule has 3 nitrogen and oxygen atoms in total. The lowest BCUT2D eigenvalue weighted by Gasteiger charge is -2.12. The van der Waals surface area contributed by atoms with Gasteiger partial charge in [0, 0.05) is 24.4 Å². The number of hydrogen-bond donors (Lipinski definition) is 2. The van der Waals surface area contributed by atoms with Gasteiger partial charge in [-0.15, -0.1) is 0 Å². The van der Waals surface area contributed by atoms with Gasteiger partial charge in [0.1, 0.15) is 4.99 Å². The van der Waals surface area contributed by atoms with Gasteiger partial charge in [-0.2, -0.15) is 0 Å². The Bertz CT molecular complexity index is 419. The monoisotopic (exact) mass is 270 g/mol. The average Bonchev–Trinajstić information content (AvgIpc) is 2.78. The minimum Gasteiger partial charge on any atom is -0.389 e. The van der Waals surface area contributed by atoms with Crippen LogP contribution in [0.2, 0.25) is 5.02 Å². The van der Waals surface area contributed by atoms with E-state index in [1.165, 1.54) is 0 Å². The molecule has 3 N–H and O–H groups in total. The van der Waals surface area contributed by atoms with Crippen molar-refractivity contribution in [3.05, 3.63) is 28.8 Å². The minimum atomic E-state index is 0.309. The number of rotatable bonds is 4. The van der Waals surface area contributed by atoms with E-state index < -0.39 is 0 Å². The smallest absolute Gasteiger partial charge is 0.105 e. The van der Waals surface area contributed by atoms with Crippen LogP contribution in [0.4, 0.5) is 5.69 Å². The topological polar surface area (TPSA) is 47.3 Å². The molecule has 1 heterocycles. The Balaban J connectivity index is 1.97. The number of benzene rings is 1. The Morgan fingerprint density at radius 2 is 2.41 bits per heavy atom. The van der Waals surface area contributed by atoms with Crippen molar-refractivity contribution in [2.75, 3.05) is 18.5 Å². The summed E-state index contributed by atoms with van der Waals surface area (Å²) in [5, 5.41) is 3.88. The fourth-order valence-electron chi connectivity index (χ4n) is 1.86. The molecule has 17 heavy (non-hydrogen) atoms. The first kappa shape index (κ1) is 12.6. The van der Waals surface area contributed by atoms with Gasteiger partial charge >= 0.3 is 0 Å². The highest BCUT2D eigenvalue weighted by Crippen LogP contribution is 2.21. The van der Waals surface area contributed by atoms with Crippen molar-refractivity contribution in [2.45, 2.75) is 18.9 Å². The molecular weight excluding hydrogens is 256 g/mol. The quantitative estimate of drug-likeness (QED) is 0.826. The van der Waals surface area contributed by atoms with Crippen LogP contribution < -0.4 is 11.1 Å². The van der Waals surface area contributed by atoms with E-state index in [1.54, 1.807) is 0 Å². The van der Waals surface area contributed by atoms with Crippen molar-refractivity contribution < 1.29 is 4.74 Å². The molecule has 1 aliphatic rings. The maximum atomic E-state index is 6.08. The van der Waals surface area contributed by atoms with E-state index in [9.17, 15) is 0 Å². The van der Waals surface area contributed by atoms with Gasteiger partial charge in [-0.1, -0.05) is 23.8 Å². The number of halogens is 1. The number of nitrogens with one attached hydrogen (secondary N) is 1. The lowest BCUT2D eigenvalue weighted by Crippen LogP contribution is -2.18. The third-order valence-corrected chi connectivity index (χ3v) is 3.33. The minimum absolute atomic E-state index is 0.309. The van der Waals surface area contributed by atoms with E-state index in [4.69, 9.17) is 34.3 Å². The van der Waals surface area contributed by atoms with Crippen LogP contribution in [0.1, 0.15) is 18.4 Å². The molecular formula is C12H15ClN2OS. The van der Waals surface area contributed by atoms with Crippen LogP contribution in [-0.4, -0.2) is 24.2 Å². The van der Waals surface area contributed by atoms with Crippen molar-refractivity contribution in [1.82, 2.24) is 0 Å². The summed E-state index contributed by atoms with van der Waals surface area (Å²) in [5.41, 5.74) is 7.22. The fraction of sp³-hybridized carbons (Fsp3) is 0.417. The molecule has 1 fully saturated rings. The summed E-state index contributed by atoms with van der Waals surface area (Å²) in [5.74, 6) is 0. The van der Waals surface area contributed by atoms with Crippen LogP contribution in [0.5, 0.6) is 0 Å². The normalized spacial score (nSPS) is 19.2. The summed E-state index contributed by atoms with van der Waals surface area (Å²) >= 11 is 11.0. The zero-order chi connectivity index (χ0) is 12.3. The average molecular weight is 271 g/mol. The van der Waals surface area contributed by atoms with Gasteiger partial charge < -0.3 is 15.8 Å². The number of thiocarbonyl (C=S) groups is 1. The van der Waals surface area contributed by atoms with Crippen LogP contribution in [0.3, 0.4) is 0 Å². The van der Waals surface area contributed by atoms with Crippen LogP contribution in [0, 0.1) is 0 Å². The summed E-state index contributed by atoms with van der Waals surface area (Å²) in [6, 6.07) is 5.60. The summed E-state index contributed by atoms with van der Waals surface area (Å²) in [4.78, 5) is 0.320. The molecule has 0 saturated carbocycles. The van der Waals surface area contributed by atoms with E-state index in [1.807, 2.05) is 18.2 Å². The van der Waals surface area contributed by atoms with Crippen LogP contribution in [-0.2, 0) is 4.74 Å². The first-order valence-electron chi connectivity index (χ1n) is 5.61. The third kappa shape index (κ3) is 3.31. The van der Waals surface area contributed by atoms with E-state index in [0.717, 1.165) is 31.7 Å². The van der Waals surface area contributed by atoms with Gasteiger partial charge in [0.2, 0.25) is 0 Å². The second kappa shape index (κ2) is 5.67. The molecule has 1 unspecified atom stereocenters. The second-order valence-electron chi connectivity index (χ2n) is 4.07. The zero-order valence-corrected chi connectivity index (χ0v) is 11.0. The van der Waals surface area contributed by atoms with E-state index in [2.05, 4.69) is 5.32 Å². The van der Waals surface area contributed by atoms with E-state index in [-0.39, 0.29) is 0 Å². The lowest BCUT2D eigenvalue weighted by molar-refractivity contribution is 0.120. The Morgan fingerprint density at radius 3 is 3.00 bits per heavy atom. The highest BCUT2D eigenvalue weighted by Gasteiger charge is 2.15. The largest absolute Gasteiger partial charge is 0.389 e. The number of anilines is 1. The predicted octanol–water partition coefficient (Wildman–Crippen LogP) is 2.57. The maximum absolute atomic E-state index is 6.08.